The van der Waals surface area contributed by atoms with Crippen LogP contribution in [0.5, 0.6) is 0 Å². The first-order chi connectivity index (χ1) is 7.94. The van der Waals surface area contributed by atoms with Crippen molar-refractivity contribution in [2.75, 3.05) is 13.1 Å². The third-order valence-corrected chi connectivity index (χ3v) is 2.73. The number of piperidine rings is 1. The van der Waals surface area contributed by atoms with E-state index in [1.807, 2.05) is 20.8 Å². The van der Waals surface area contributed by atoms with Crippen molar-refractivity contribution in [1.29, 1.82) is 0 Å². The van der Waals surface area contributed by atoms with E-state index in [9.17, 15) is 9.59 Å². The van der Waals surface area contributed by atoms with Gasteiger partial charge in [0.25, 0.3) is 0 Å². The Hall–Kier alpha value is -1.10. The van der Waals surface area contributed by atoms with Crippen LogP contribution < -0.4 is 10.6 Å². The van der Waals surface area contributed by atoms with Gasteiger partial charge in [-0.05, 0) is 52.6 Å². The fraction of sp³-hybridized carbons (Fsp3) is 0.833. The van der Waals surface area contributed by atoms with Gasteiger partial charge in [0.05, 0.1) is 0 Å². The molecular weight excluding hydrogens is 220 g/mol. The molecule has 17 heavy (non-hydrogen) atoms. The molecule has 0 bridgehead atoms. The van der Waals surface area contributed by atoms with E-state index < -0.39 is 11.6 Å². The molecule has 0 aromatic carbocycles. The van der Waals surface area contributed by atoms with E-state index >= 15 is 0 Å². The average Bonchev–Trinajstić information content (AvgIpc) is 2.24. The zero-order valence-corrected chi connectivity index (χ0v) is 10.7. The largest absolute Gasteiger partial charge is 0.458 e. The molecule has 1 rings (SSSR count). The number of nitrogens with one attached hydrogen (secondary N) is 2. The zero-order chi connectivity index (χ0) is 12.9. The van der Waals surface area contributed by atoms with E-state index in [2.05, 4.69) is 10.6 Å². The van der Waals surface area contributed by atoms with Crippen LogP contribution in [0.2, 0.25) is 0 Å². The van der Waals surface area contributed by atoms with E-state index in [1.54, 1.807) is 6.41 Å². The highest BCUT2D eigenvalue weighted by molar-refractivity contribution is 5.79. The third kappa shape index (κ3) is 4.73. The minimum Gasteiger partial charge on any atom is -0.458 e. The molecule has 0 aromatic heterocycles. The molecule has 0 aliphatic carbocycles. The SMILES string of the molecule is CC(C)(C)OC(=O)C(N[C]=O)C1CCNCC1. The molecule has 1 atom stereocenters. The van der Waals surface area contributed by atoms with Gasteiger partial charge < -0.3 is 15.4 Å². The number of rotatable bonds is 4. The summed E-state index contributed by atoms with van der Waals surface area (Å²) in [5.41, 5.74) is -0.535. The Morgan fingerprint density at radius 3 is 2.47 bits per heavy atom. The number of hydrogen-bond acceptors (Lipinski definition) is 4. The highest BCUT2D eigenvalue weighted by Gasteiger charge is 2.32. The Kier molecular flexibility index (Phi) is 4.93. The van der Waals surface area contributed by atoms with Crippen molar-refractivity contribution in [3.63, 3.8) is 0 Å². The Morgan fingerprint density at radius 1 is 1.41 bits per heavy atom. The van der Waals surface area contributed by atoms with Gasteiger partial charge in [0.15, 0.2) is 0 Å². The van der Waals surface area contributed by atoms with Gasteiger partial charge in [-0.2, -0.15) is 0 Å². The summed E-state index contributed by atoms with van der Waals surface area (Å²) in [6.45, 7) is 7.17. The molecule has 5 heteroatoms. The molecule has 1 fully saturated rings. The maximum atomic E-state index is 12.0. The van der Waals surface area contributed by atoms with E-state index in [4.69, 9.17) is 4.74 Å². The van der Waals surface area contributed by atoms with Crippen LogP contribution in [-0.4, -0.2) is 37.1 Å². The summed E-state index contributed by atoms with van der Waals surface area (Å²) in [7, 11) is 0. The smallest absolute Gasteiger partial charge is 0.329 e. The molecule has 0 spiro atoms. The minimum absolute atomic E-state index is 0.132. The molecule has 5 nitrogen and oxygen atoms in total. The Bertz CT molecular complexity index is 267. The molecule has 2 N–H and O–H groups in total. The maximum Gasteiger partial charge on any atom is 0.329 e. The molecular formula is C12H21N2O3. The standard InChI is InChI=1S/C12H21N2O3/c1-12(2,3)17-11(16)10(14-8-15)9-4-6-13-7-5-9/h9-10,13H,4-7H2,1-3H3,(H,14,15). The van der Waals surface area contributed by atoms with Crippen LogP contribution in [0.3, 0.4) is 0 Å². The highest BCUT2D eigenvalue weighted by atomic mass is 16.6. The molecule has 1 saturated heterocycles. The van der Waals surface area contributed by atoms with Crippen molar-refractivity contribution in [2.24, 2.45) is 5.92 Å². The lowest BCUT2D eigenvalue weighted by atomic mass is 9.90. The first kappa shape index (κ1) is 14.0. The van der Waals surface area contributed by atoms with Gasteiger partial charge in [-0.25, -0.2) is 4.79 Å². The summed E-state index contributed by atoms with van der Waals surface area (Å²) >= 11 is 0. The number of carbonyl (C=O) groups is 1. The summed E-state index contributed by atoms with van der Waals surface area (Å²) in [4.78, 5) is 22.4. The molecule has 1 amide bonds. The number of hydrogen-bond donors (Lipinski definition) is 2. The molecule has 1 heterocycles. The van der Waals surface area contributed by atoms with Gasteiger partial charge in [-0.1, -0.05) is 0 Å². The molecule has 1 aliphatic rings. The monoisotopic (exact) mass is 241 g/mol. The second-order valence-corrected chi connectivity index (χ2v) is 5.34. The van der Waals surface area contributed by atoms with Crippen LogP contribution in [-0.2, 0) is 14.3 Å². The Labute approximate surface area is 102 Å². The molecule has 1 aliphatic heterocycles. The van der Waals surface area contributed by atoms with Crippen LogP contribution in [0.15, 0.2) is 0 Å². The fourth-order valence-electron chi connectivity index (χ4n) is 1.98. The molecule has 1 unspecified atom stereocenters. The van der Waals surface area contributed by atoms with Crippen molar-refractivity contribution < 1.29 is 14.3 Å². The quantitative estimate of drug-likeness (QED) is 0.550. The zero-order valence-electron chi connectivity index (χ0n) is 10.7. The van der Waals surface area contributed by atoms with Gasteiger partial charge in [0.2, 0.25) is 0 Å². The van der Waals surface area contributed by atoms with Crippen molar-refractivity contribution in [2.45, 2.75) is 45.3 Å². The summed E-state index contributed by atoms with van der Waals surface area (Å²) in [6.07, 6.45) is 3.33. The second-order valence-electron chi connectivity index (χ2n) is 5.34. The topological polar surface area (TPSA) is 67.4 Å². The van der Waals surface area contributed by atoms with Crippen molar-refractivity contribution in [3.05, 3.63) is 0 Å². The van der Waals surface area contributed by atoms with Crippen LogP contribution >= 0.6 is 0 Å². The lowest BCUT2D eigenvalue weighted by Crippen LogP contribution is -2.48. The Morgan fingerprint density at radius 2 is 2.00 bits per heavy atom. The summed E-state index contributed by atoms with van der Waals surface area (Å²) in [5.74, 6) is -0.236. The van der Waals surface area contributed by atoms with Crippen molar-refractivity contribution in [3.8, 4) is 0 Å². The second kappa shape index (κ2) is 6.00. The van der Waals surface area contributed by atoms with Crippen molar-refractivity contribution in [1.82, 2.24) is 10.6 Å². The lowest BCUT2D eigenvalue weighted by molar-refractivity contribution is -0.158. The Balaban J connectivity index is 2.63. The lowest BCUT2D eigenvalue weighted by Gasteiger charge is -2.31. The normalized spacial score (nSPS) is 19.5. The molecule has 0 saturated carbocycles. The number of esters is 1. The predicted octanol–water partition coefficient (Wildman–Crippen LogP) is 0.353. The van der Waals surface area contributed by atoms with Gasteiger partial charge in [0.1, 0.15) is 11.6 Å². The van der Waals surface area contributed by atoms with E-state index in [-0.39, 0.29) is 11.9 Å². The first-order valence-electron chi connectivity index (χ1n) is 6.00. The van der Waals surface area contributed by atoms with Gasteiger partial charge in [-0.3, -0.25) is 4.79 Å². The summed E-state index contributed by atoms with van der Waals surface area (Å²) < 4.78 is 5.30. The molecule has 97 valence electrons. The van der Waals surface area contributed by atoms with Crippen molar-refractivity contribution >= 4 is 12.4 Å². The fourth-order valence-corrected chi connectivity index (χ4v) is 1.98. The minimum atomic E-state index is -0.575. The average molecular weight is 241 g/mol. The van der Waals surface area contributed by atoms with Gasteiger partial charge >= 0.3 is 12.4 Å². The highest BCUT2D eigenvalue weighted by Crippen LogP contribution is 2.19. The first-order valence-corrected chi connectivity index (χ1v) is 6.00. The van der Waals surface area contributed by atoms with Crippen LogP contribution in [0.25, 0.3) is 0 Å². The van der Waals surface area contributed by atoms with E-state index in [0.29, 0.717) is 0 Å². The summed E-state index contributed by atoms with van der Waals surface area (Å²) in [5, 5.41) is 5.69. The predicted molar refractivity (Wildman–Crippen MR) is 64.1 cm³/mol. The number of ether oxygens (including phenoxy) is 1. The van der Waals surface area contributed by atoms with Gasteiger partial charge in [-0.15, -0.1) is 0 Å². The third-order valence-electron chi connectivity index (χ3n) is 2.73. The molecule has 1 radical (unpaired) electrons. The maximum absolute atomic E-state index is 12.0. The van der Waals surface area contributed by atoms with Crippen LogP contribution in [0, 0.1) is 5.92 Å². The number of carbonyl (C=O) groups excluding carboxylic acids is 2. The van der Waals surface area contributed by atoms with Crippen LogP contribution in [0.1, 0.15) is 33.6 Å². The molecule has 0 aromatic rings. The van der Waals surface area contributed by atoms with Gasteiger partial charge in [0, 0.05) is 0 Å². The number of amides is 1. The van der Waals surface area contributed by atoms with E-state index in [0.717, 1.165) is 25.9 Å². The summed E-state index contributed by atoms with van der Waals surface area (Å²) in [6, 6.07) is -0.575. The van der Waals surface area contributed by atoms with E-state index in [1.165, 1.54) is 0 Å². The van der Waals surface area contributed by atoms with Crippen LogP contribution in [0.4, 0.5) is 0 Å².